The fraction of sp³-hybridized carbons (Fsp3) is 0.467. The van der Waals surface area contributed by atoms with Gasteiger partial charge in [-0.2, -0.15) is 0 Å². The molecule has 1 aromatic rings. The molecule has 0 nitrogen and oxygen atoms in total. The molecule has 0 heteroatoms. The highest BCUT2D eigenvalue weighted by Crippen LogP contribution is 2.35. The largest absolute Gasteiger partial charge is 0.0914 e. The summed E-state index contributed by atoms with van der Waals surface area (Å²) < 4.78 is 32.8. The molecule has 1 aliphatic carbocycles. The Morgan fingerprint density at radius 2 is 1.87 bits per heavy atom. The summed E-state index contributed by atoms with van der Waals surface area (Å²) in [5.41, 5.74) is 1.04. The summed E-state index contributed by atoms with van der Waals surface area (Å²) in [6.07, 6.45) is 1.19. The van der Waals surface area contributed by atoms with Crippen molar-refractivity contribution in [2.45, 2.75) is 38.4 Å². The van der Waals surface area contributed by atoms with E-state index in [-0.39, 0.29) is 5.92 Å². The van der Waals surface area contributed by atoms with Crippen LogP contribution in [-0.2, 0) is 0 Å². The maximum absolute atomic E-state index is 8.20. The van der Waals surface area contributed by atoms with Gasteiger partial charge >= 0.3 is 0 Å². The van der Waals surface area contributed by atoms with Gasteiger partial charge in [-0.25, -0.2) is 0 Å². The van der Waals surface area contributed by atoms with Gasteiger partial charge in [-0.1, -0.05) is 42.5 Å². The SMILES string of the molecule is [2H]C1([2H])C[C@H](c2ccccc2)CC([2H])([2H])[C@H]1C=CC. The summed E-state index contributed by atoms with van der Waals surface area (Å²) in [5.74, 6) is -0.710. The van der Waals surface area contributed by atoms with Gasteiger partial charge in [0.15, 0.2) is 0 Å². The van der Waals surface area contributed by atoms with Crippen LogP contribution in [0.25, 0.3) is 0 Å². The fourth-order valence-electron chi connectivity index (χ4n) is 1.97. The van der Waals surface area contributed by atoms with Gasteiger partial charge in [-0.3, -0.25) is 0 Å². The Morgan fingerprint density at radius 3 is 2.47 bits per heavy atom. The van der Waals surface area contributed by atoms with Gasteiger partial charge in [0.05, 0.1) is 0 Å². The van der Waals surface area contributed by atoms with Crippen molar-refractivity contribution in [3.8, 4) is 0 Å². The lowest BCUT2D eigenvalue weighted by Crippen LogP contribution is -2.11. The third kappa shape index (κ3) is 2.71. The van der Waals surface area contributed by atoms with Crippen LogP contribution in [0.4, 0.5) is 0 Å². The summed E-state index contributed by atoms with van der Waals surface area (Å²) in [5, 5.41) is 0. The van der Waals surface area contributed by atoms with E-state index in [2.05, 4.69) is 0 Å². The monoisotopic (exact) mass is 204 g/mol. The van der Waals surface area contributed by atoms with E-state index in [1.807, 2.05) is 37.3 Å². The van der Waals surface area contributed by atoms with Crippen LogP contribution in [0.2, 0.25) is 0 Å². The van der Waals surface area contributed by atoms with Crippen molar-refractivity contribution >= 4 is 0 Å². The summed E-state index contributed by atoms with van der Waals surface area (Å²) in [7, 11) is 0. The molecule has 0 saturated heterocycles. The summed E-state index contributed by atoms with van der Waals surface area (Å²) in [4.78, 5) is 0. The van der Waals surface area contributed by atoms with Gasteiger partial charge in [0, 0.05) is 5.48 Å². The summed E-state index contributed by atoms with van der Waals surface area (Å²) >= 11 is 0. The van der Waals surface area contributed by atoms with Gasteiger partial charge in [0.1, 0.15) is 0 Å². The van der Waals surface area contributed by atoms with Crippen LogP contribution in [0.5, 0.6) is 0 Å². The number of rotatable bonds is 2. The van der Waals surface area contributed by atoms with Crippen molar-refractivity contribution in [2.24, 2.45) is 5.92 Å². The van der Waals surface area contributed by atoms with Crippen molar-refractivity contribution in [3.05, 3.63) is 48.0 Å². The molecule has 80 valence electrons. The second-order valence-electron chi connectivity index (χ2n) is 3.93. The Morgan fingerprint density at radius 1 is 1.20 bits per heavy atom. The fourth-order valence-corrected chi connectivity index (χ4v) is 1.97. The maximum Gasteiger partial charge on any atom is 0.0273 e. The predicted octanol–water partition coefficient (Wildman–Crippen LogP) is 4.54. The zero-order valence-electron chi connectivity index (χ0n) is 13.1. The Hall–Kier alpha value is -1.04. The molecule has 1 fully saturated rings. The Labute approximate surface area is 98.6 Å². The van der Waals surface area contributed by atoms with Crippen molar-refractivity contribution in [1.29, 1.82) is 0 Å². The van der Waals surface area contributed by atoms with Crippen LogP contribution in [0.15, 0.2) is 42.5 Å². The van der Waals surface area contributed by atoms with Crippen LogP contribution in [0.3, 0.4) is 0 Å². The molecule has 0 N–H and O–H groups in total. The van der Waals surface area contributed by atoms with E-state index in [0.717, 1.165) is 5.56 Å². The van der Waals surface area contributed by atoms with Crippen LogP contribution < -0.4 is 0 Å². The van der Waals surface area contributed by atoms with Crippen LogP contribution in [-0.4, -0.2) is 0 Å². The van der Waals surface area contributed by atoms with Gasteiger partial charge in [-0.05, 0) is 49.9 Å². The van der Waals surface area contributed by atoms with Gasteiger partial charge in [0.2, 0.25) is 0 Å². The Bertz CT molecular complexity index is 432. The first-order valence-electron chi connectivity index (χ1n) is 7.54. The van der Waals surface area contributed by atoms with Crippen LogP contribution in [0, 0.1) is 5.92 Å². The van der Waals surface area contributed by atoms with Gasteiger partial charge in [-0.15, -0.1) is 0 Å². The van der Waals surface area contributed by atoms with Crippen molar-refractivity contribution in [1.82, 2.24) is 0 Å². The molecule has 1 aromatic carbocycles. The van der Waals surface area contributed by atoms with E-state index < -0.39 is 18.7 Å². The molecular formula is C15H20. The maximum atomic E-state index is 8.20. The third-order valence-corrected chi connectivity index (χ3v) is 2.82. The molecule has 0 atom stereocenters. The predicted molar refractivity (Wildman–Crippen MR) is 66.0 cm³/mol. The van der Waals surface area contributed by atoms with Crippen molar-refractivity contribution < 1.29 is 5.48 Å². The lowest BCUT2D eigenvalue weighted by molar-refractivity contribution is 0.375. The number of hydrogen-bond acceptors (Lipinski definition) is 0. The molecule has 0 spiro atoms. The zero-order chi connectivity index (χ0) is 14.1. The van der Waals surface area contributed by atoms with E-state index >= 15 is 0 Å². The molecule has 0 amide bonds. The highest BCUT2D eigenvalue weighted by Gasteiger charge is 2.20. The van der Waals surface area contributed by atoms with Crippen molar-refractivity contribution in [2.75, 3.05) is 0 Å². The van der Waals surface area contributed by atoms with E-state index in [4.69, 9.17) is 5.48 Å². The van der Waals surface area contributed by atoms with Gasteiger partial charge < -0.3 is 0 Å². The van der Waals surface area contributed by atoms with Crippen LogP contribution >= 0.6 is 0 Å². The zero-order valence-corrected chi connectivity index (χ0v) is 9.11. The van der Waals surface area contributed by atoms with Crippen molar-refractivity contribution in [3.63, 3.8) is 0 Å². The van der Waals surface area contributed by atoms with E-state index in [1.54, 1.807) is 12.2 Å². The smallest absolute Gasteiger partial charge is 0.0273 e. The molecule has 0 radical (unpaired) electrons. The standard InChI is InChI=1S/C15H20/c1-2-6-13-9-11-15(12-10-13)14-7-4-3-5-8-14/h2-8,13,15H,9-12H2,1H3/t13-,15-/i9D2,10D2. The van der Waals surface area contributed by atoms with Gasteiger partial charge in [0.25, 0.3) is 0 Å². The highest BCUT2D eigenvalue weighted by molar-refractivity contribution is 5.20. The van der Waals surface area contributed by atoms with E-state index in [1.165, 1.54) is 0 Å². The Balaban J connectivity index is 2.31. The lowest BCUT2D eigenvalue weighted by Gasteiger charge is -2.27. The Kier molecular flexibility index (Phi) is 2.24. The molecule has 15 heavy (non-hydrogen) atoms. The van der Waals surface area contributed by atoms with E-state index in [0.29, 0.717) is 12.8 Å². The normalized spacial score (nSPS) is 37.7. The second kappa shape index (κ2) is 5.16. The molecule has 2 rings (SSSR count). The average molecular weight is 204 g/mol. The van der Waals surface area contributed by atoms with E-state index in [9.17, 15) is 0 Å². The first-order chi connectivity index (χ1) is 8.87. The molecule has 0 aromatic heterocycles. The number of benzene rings is 1. The molecule has 1 aliphatic rings. The lowest BCUT2D eigenvalue weighted by atomic mass is 9.79. The molecule has 0 bridgehead atoms. The molecular weight excluding hydrogens is 180 g/mol. The first kappa shape index (κ1) is 6.52. The topological polar surface area (TPSA) is 0 Å². The van der Waals surface area contributed by atoms with Crippen LogP contribution in [0.1, 0.15) is 49.5 Å². The molecule has 1 saturated carbocycles. The minimum absolute atomic E-state index is 0.0484. The highest BCUT2D eigenvalue weighted by atomic mass is 14.2. The summed E-state index contributed by atoms with van der Waals surface area (Å²) in [6.45, 7) is 1.81. The first-order valence-corrected chi connectivity index (χ1v) is 5.54. The molecule has 0 unspecified atom stereocenters. The number of hydrogen-bond donors (Lipinski definition) is 0. The third-order valence-electron chi connectivity index (χ3n) is 2.82. The minimum atomic E-state index is -1.51. The molecule has 0 aliphatic heterocycles. The molecule has 0 heterocycles. The quantitative estimate of drug-likeness (QED) is 0.621. The minimum Gasteiger partial charge on any atom is -0.0914 e. The average Bonchev–Trinajstić information content (AvgIpc) is 2.34. The summed E-state index contributed by atoms with van der Waals surface area (Å²) in [6, 6.07) is 9.72. The number of allylic oxidation sites excluding steroid dienone is 2. The second-order valence-corrected chi connectivity index (χ2v) is 3.93.